The molecule has 140 valence electrons. The van der Waals surface area contributed by atoms with Crippen LogP contribution in [-0.4, -0.2) is 55.2 Å². The fraction of sp³-hybridized carbons (Fsp3) is 0.474. The number of aryl methyl sites for hydroxylation is 1. The number of benzene rings is 1. The number of nitrogens with one attached hydrogen (secondary N) is 1. The second kappa shape index (κ2) is 9.12. The van der Waals surface area contributed by atoms with Gasteiger partial charge in [0.05, 0.1) is 18.9 Å². The molecule has 6 nitrogen and oxygen atoms in total. The maximum absolute atomic E-state index is 11.5. The summed E-state index contributed by atoms with van der Waals surface area (Å²) in [6.45, 7) is 8.99. The molecule has 1 aromatic heterocycles. The van der Waals surface area contributed by atoms with E-state index < -0.39 is 0 Å². The lowest BCUT2D eigenvalue weighted by atomic mass is 10.1. The minimum absolute atomic E-state index is 0.0192. The molecule has 0 bridgehead atoms. The highest BCUT2D eigenvalue weighted by Gasteiger charge is 2.12. The Morgan fingerprint density at radius 3 is 2.73 bits per heavy atom. The van der Waals surface area contributed by atoms with Crippen molar-refractivity contribution in [3.8, 4) is 17.0 Å². The summed E-state index contributed by atoms with van der Waals surface area (Å²) in [5.41, 5.74) is 1.93. The molecule has 7 heteroatoms. The fourth-order valence-corrected chi connectivity index (χ4v) is 3.60. The molecule has 0 radical (unpaired) electrons. The van der Waals surface area contributed by atoms with E-state index in [1.807, 2.05) is 38.1 Å². The van der Waals surface area contributed by atoms with Crippen molar-refractivity contribution in [1.29, 1.82) is 0 Å². The third-order valence-electron chi connectivity index (χ3n) is 4.27. The predicted octanol–water partition coefficient (Wildman–Crippen LogP) is 3.18. The number of aromatic nitrogens is 1. The average molecular weight is 375 g/mol. The maximum atomic E-state index is 11.5. The molecule has 26 heavy (non-hydrogen) atoms. The third kappa shape index (κ3) is 5.03. The maximum Gasteiger partial charge on any atom is 0.225 e. The zero-order valence-corrected chi connectivity index (χ0v) is 16.1. The van der Waals surface area contributed by atoms with Crippen LogP contribution in [0.1, 0.15) is 18.2 Å². The number of anilines is 1. The van der Waals surface area contributed by atoms with E-state index in [-0.39, 0.29) is 5.91 Å². The van der Waals surface area contributed by atoms with Gasteiger partial charge in [-0.25, -0.2) is 4.98 Å². The monoisotopic (exact) mass is 375 g/mol. The van der Waals surface area contributed by atoms with Crippen molar-refractivity contribution < 1.29 is 14.3 Å². The highest BCUT2D eigenvalue weighted by molar-refractivity contribution is 7.16. The molecule has 0 saturated carbocycles. The van der Waals surface area contributed by atoms with E-state index in [9.17, 15) is 4.79 Å². The van der Waals surface area contributed by atoms with Crippen LogP contribution in [0.25, 0.3) is 11.3 Å². The average Bonchev–Trinajstić information content (AvgIpc) is 3.03. The van der Waals surface area contributed by atoms with E-state index in [1.54, 1.807) is 0 Å². The Labute approximate surface area is 158 Å². The van der Waals surface area contributed by atoms with Crippen LogP contribution in [0.15, 0.2) is 24.3 Å². The van der Waals surface area contributed by atoms with Crippen molar-refractivity contribution in [3.05, 3.63) is 29.1 Å². The van der Waals surface area contributed by atoms with Crippen LogP contribution in [0.3, 0.4) is 0 Å². The number of hydrogen-bond acceptors (Lipinski definition) is 6. The molecule has 1 aliphatic rings. The van der Waals surface area contributed by atoms with Crippen molar-refractivity contribution in [2.75, 3.05) is 44.8 Å². The lowest BCUT2D eigenvalue weighted by molar-refractivity contribution is -0.115. The van der Waals surface area contributed by atoms with Gasteiger partial charge in [0.2, 0.25) is 5.91 Å². The van der Waals surface area contributed by atoms with Gasteiger partial charge in [0.25, 0.3) is 0 Å². The quantitative estimate of drug-likeness (QED) is 0.805. The normalized spacial score (nSPS) is 15.0. The molecule has 2 aromatic rings. The Balaban J connectivity index is 1.56. The van der Waals surface area contributed by atoms with Crippen molar-refractivity contribution in [3.63, 3.8) is 0 Å². The summed E-state index contributed by atoms with van der Waals surface area (Å²) in [5.74, 6) is 0.837. The van der Waals surface area contributed by atoms with Crippen molar-refractivity contribution >= 4 is 22.4 Å². The van der Waals surface area contributed by atoms with Gasteiger partial charge in [-0.1, -0.05) is 6.92 Å². The second-order valence-corrected chi connectivity index (χ2v) is 7.36. The van der Waals surface area contributed by atoms with E-state index in [4.69, 9.17) is 9.47 Å². The van der Waals surface area contributed by atoms with E-state index >= 15 is 0 Å². The first-order valence-corrected chi connectivity index (χ1v) is 9.78. The predicted molar refractivity (Wildman–Crippen MR) is 104 cm³/mol. The fourth-order valence-electron chi connectivity index (χ4n) is 2.75. The van der Waals surface area contributed by atoms with Crippen molar-refractivity contribution in [2.45, 2.75) is 20.3 Å². The molecule has 1 amide bonds. The van der Waals surface area contributed by atoms with E-state index in [1.165, 1.54) is 11.3 Å². The summed E-state index contributed by atoms with van der Waals surface area (Å²) in [6, 6.07) is 7.96. The second-order valence-electron chi connectivity index (χ2n) is 6.15. The van der Waals surface area contributed by atoms with Gasteiger partial charge in [-0.3, -0.25) is 9.69 Å². The molecule has 1 aromatic carbocycles. The number of amides is 1. The topological polar surface area (TPSA) is 63.7 Å². The third-order valence-corrected chi connectivity index (χ3v) is 5.16. The summed E-state index contributed by atoms with van der Waals surface area (Å²) in [7, 11) is 0. The van der Waals surface area contributed by atoms with Gasteiger partial charge in [0.15, 0.2) is 5.13 Å². The number of thiazole rings is 1. The first-order chi connectivity index (χ1) is 12.7. The molecule has 2 heterocycles. The Morgan fingerprint density at radius 1 is 1.31 bits per heavy atom. The lowest BCUT2D eigenvalue weighted by Crippen LogP contribution is -2.38. The van der Waals surface area contributed by atoms with Crippen LogP contribution in [0.5, 0.6) is 5.75 Å². The molecule has 3 rings (SSSR count). The molecule has 0 aliphatic carbocycles. The molecule has 1 fully saturated rings. The van der Waals surface area contributed by atoms with E-state index in [0.29, 0.717) is 18.2 Å². The largest absolute Gasteiger partial charge is 0.492 e. The van der Waals surface area contributed by atoms with Gasteiger partial charge >= 0.3 is 0 Å². The Kier molecular flexibility index (Phi) is 6.60. The van der Waals surface area contributed by atoms with Gasteiger partial charge in [0, 0.05) is 36.5 Å². The first-order valence-electron chi connectivity index (χ1n) is 8.96. The number of morpholine rings is 1. The number of nitrogens with zero attached hydrogens (tertiary/aromatic N) is 2. The lowest BCUT2D eigenvalue weighted by Gasteiger charge is -2.26. The standard InChI is InChI=1S/C19H25N3O3S/c1-3-17(23)20-19-21-18(14(2)26-19)15-4-6-16(7-5-15)25-13-10-22-8-11-24-12-9-22/h4-7H,3,8-13H2,1-2H3,(H,20,21,23). The SMILES string of the molecule is CCC(=O)Nc1nc(-c2ccc(OCCN3CCOCC3)cc2)c(C)s1. The Hall–Kier alpha value is -1.96. The minimum atomic E-state index is -0.0192. The molecular formula is C19H25N3O3S. The summed E-state index contributed by atoms with van der Waals surface area (Å²) in [5, 5.41) is 3.47. The molecule has 0 spiro atoms. The molecular weight excluding hydrogens is 350 g/mol. The molecule has 1 saturated heterocycles. The van der Waals surface area contributed by atoms with Crippen LogP contribution in [-0.2, 0) is 9.53 Å². The van der Waals surface area contributed by atoms with Crippen LogP contribution >= 0.6 is 11.3 Å². The summed E-state index contributed by atoms with van der Waals surface area (Å²) in [6.07, 6.45) is 0.449. The van der Waals surface area contributed by atoms with E-state index in [0.717, 1.165) is 54.7 Å². The molecule has 1 N–H and O–H groups in total. The van der Waals surface area contributed by atoms with Crippen molar-refractivity contribution in [2.24, 2.45) is 0 Å². The highest BCUT2D eigenvalue weighted by Crippen LogP contribution is 2.31. The van der Waals surface area contributed by atoms with Crippen LogP contribution in [0, 0.1) is 6.92 Å². The summed E-state index contributed by atoms with van der Waals surface area (Å²) < 4.78 is 11.2. The smallest absolute Gasteiger partial charge is 0.225 e. The minimum Gasteiger partial charge on any atom is -0.492 e. The zero-order valence-electron chi connectivity index (χ0n) is 15.3. The number of hydrogen-bond donors (Lipinski definition) is 1. The summed E-state index contributed by atoms with van der Waals surface area (Å²) >= 11 is 1.50. The highest BCUT2D eigenvalue weighted by atomic mass is 32.1. The van der Waals surface area contributed by atoms with Gasteiger partial charge in [0.1, 0.15) is 12.4 Å². The molecule has 0 unspecified atom stereocenters. The number of carbonyl (C=O) groups is 1. The van der Waals surface area contributed by atoms with Gasteiger partial charge in [-0.15, -0.1) is 11.3 Å². The van der Waals surface area contributed by atoms with E-state index in [2.05, 4.69) is 15.2 Å². The number of ether oxygens (including phenoxy) is 2. The van der Waals surface area contributed by atoms with Crippen LogP contribution in [0.2, 0.25) is 0 Å². The molecule has 0 atom stereocenters. The van der Waals surface area contributed by atoms with Gasteiger partial charge in [-0.05, 0) is 31.2 Å². The van der Waals surface area contributed by atoms with Crippen LogP contribution < -0.4 is 10.1 Å². The zero-order chi connectivity index (χ0) is 18.4. The van der Waals surface area contributed by atoms with Gasteiger partial charge < -0.3 is 14.8 Å². The number of rotatable bonds is 7. The van der Waals surface area contributed by atoms with Crippen LogP contribution in [0.4, 0.5) is 5.13 Å². The first kappa shape index (κ1) is 18.8. The van der Waals surface area contributed by atoms with Crippen molar-refractivity contribution in [1.82, 2.24) is 9.88 Å². The Bertz CT molecular complexity index is 724. The number of carbonyl (C=O) groups excluding carboxylic acids is 1. The molecule has 1 aliphatic heterocycles. The van der Waals surface area contributed by atoms with Gasteiger partial charge in [-0.2, -0.15) is 0 Å². The summed E-state index contributed by atoms with van der Waals surface area (Å²) in [4.78, 5) is 19.5. The Morgan fingerprint density at radius 2 is 2.04 bits per heavy atom.